The number of ether oxygens (including phenoxy) is 3. The number of allylic oxidation sites excluding steroid dienone is 1. The number of piperidine rings is 1. The van der Waals surface area contributed by atoms with Crippen LogP contribution in [0.1, 0.15) is 63.3 Å². The van der Waals surface area contributed by atoms with Gasteiger partial charge in [-0.2, -0.15) is 0 Å². The summed E-state index contributed by atoms with van der Waals surface area (Å²) in [6, 6.07) is 8.39. The Bertz CT molecular complexity index is 1590. The van der Waals surface area contributed by atoms with E-state index < -0.39 is 12.0 Å². The van der Waals surface area contributed by atoms with Gasteiger partial charge in [-0.15, -0.1) is 0 Å². The molecule has 1 fully saturated rings. The van der Waals surface area contributed by atoms with E-state index in [0.29, 0.717) is 49.8 Å². The van der Waals surface area contributed by atoms with Gasteiger partial charge in [-0.1, -0.05) is 24.7 Å². The van der Waals surface area contributed by atoms with Gasteiger partial charge in [0.1, 0.15) is 23.3 Å². The van der Waals surface area contributed by atoms with Crippen molar-refractivity contribution in [2.45, 2.75) is 52.0 Å². The van der Waals surface area contributed by atoms with Gasteiger partial charge in [-0.25, -0.2) is 9.79 Å². The summed E-state index contributed by atoms with van der Waals surface area (Å²) in [5, 5.41) is 0. The Morgan fingerprint density at radius 3 is 2.62 bits per heavy atom. The SMILES string of the molecule is CCCC1=C(C(=O)OCC)[C@H](c2cc(OC)ccc2OC)n2c(s/c(=C\c3ccc(N4CCCCC4)o3)c2=O)=N1. The monoisotopic (exact) mass is 565 g/mol. The lowest BCUT2D eigenvalue weighted by molar-refractivity contribution is -0.139. The molecule has 0 unspecified atom stereocenters. The average Bonchev–Trinajstić information content (AvgIpc) is 3.57. The number of aromatic nitrogens is 1. The molecule has 3 aromatic rings. The second kappa shape index (κ2) is 12.2. The highest BCUT2D eigenvalue weighted by Crippen LogP contribution is 2.38. The molecular weight excluding hydrogens is 530 g/mol. The fourth-order valence-corrected chi connectivity index (χ4v) is 6.30. The normalized spacial score (nSPS) is 17.4. The second-order valence-corrected chi connectivity index (χ2v) is 10.8. The van der Waals surface area contributed by atoms with Crippen molar-refractivity contribution >= 4 is 29.3 Å². The smallest absolute Gasteiger partial charge is 0.338 e. The van der Waals surface area contributed by atoms with Crippen molar-refractivity contribution in [3.05, 3.63) is 72.6 Å². The first kappa shape index (κ1) is 27.8. The number of anilines is 1. The minimum atomic E-state index is -0.801. The van der Waals surface area contributed by atoms with Gasteiger partial charge in [0.25, 0.3) is 5.56 Å². The van der Waals surface area contributed by atoms with Gasteiger partial charge in [-0.3, -0.25) is 9.36 Å². The average molecular weight is 566 g/mol. The van der Waals surface area contributed by atoms with Crippen LogP contribution in [0.25, 0.3) is 6.08 Å². The number of nitrogens with zero attached hydrogens (tertiary/aromatic N) is 3. The molecule has 2 aliphatic heterocycles. The van der Waals surface area contributed by atoms with Crippen LogP contribution < -0.4 is 29.3 Å². The summed E-state index contributed by atoms with van der Waals surface area (Å²) in [5.74, 6) is 2.01. The Balaban J connectivity index is 1.70. The molecule has 0 bridgehead atoms. The third kappa shape index (κ3) is 5.32. The molecule has 5 rings (SSSR count). The number of hydrogen-bond acceptors (Lipinski definition) is 9. The minimum Gasteiger partial charge on any atom is -0.497 e. The number of thiazole rings is 1. The molecule has 2 aliphatic rings. The molecule has 0 spiro atoms. The molecule has 9 nitrogen and oxygen atoms in total. The maximum atomic E-state index is 14.0. The minimum absolute atomic E-state index is 0.200. The highest BCUT2D eigenvalue weighted by atomic mass is 32.1. The Morgan fingerprint density at radius 1 is 1.12 bits per heavy atom. The molecule has 0 saturated carbocycles. The molecule has 1 atom stereocenters. The second-order valence-electron chi connectivity index (χ2n) is 9.75. The van der Waals surface area contributed by atoms with Crippen molar-refractivity contribution in [2.24, 2.45) is 4.99 Å². The summed E-state index contributed by atoms with van der Waals surface area (Å²) in [4.78, 5) is 35.0. The van der Waals surface area contributed by atoms with Gasteiger partial charge in [0, 0.05) is 30.8 Å². The van der Waals surface area contributed by atoms with Crippen molar-refractivity contribution in [1.29, 1.82) is 0 Å². The van der Waals surface area contributed by atoms with E-state index in [2.05, 4.69) is 4.90 Å². The van der Waals surface area contributed by atoms with E-state index in [-0.39, 0.29) is 12.2 Å². The Kier molecular flexibility index (Phi) is 8.44. The Labute approximate surface area is 237 Å². The van der Waals surface area contributed by atoms with Crippen molar-refractivity contribution < 1.29 is 23.4 Å². The van der Waals surface area contributed by atoms with E-state index in [9.17, 15) is 9.59 Å². The zero-order valence-corrected chi connectivity index (χ0v) is 24.2. The van der Waals surface area contributed by atoms with Crippen LogP contribution in [0.2, 0.25) is 0 Å². The van der Waals surface area contributed by atoms with E-state index in [1.54, 1.807) is 50.0 Å². The van der Waals surface area contributed by atoms with Crippen molar-refractivity contribution in [3.8, 4) is 11.5 Å². The van der Waals surface area contributed by atoms with E-state index in [0.717, 1.165) is 38.2 Å². The third-order valence-electron chi connectivity index (χ3n) is 7.18. The molecule has 0 amide bonds. The number of methoxy groups -OCH3 is 2. The predicted octanol–water partition coefficient (Wildman–Crippen LogP) is 4.18. The highest BCUT2D eigenvalue weighted by Gasteiger charge is 2.36. The van der Waals surface area contributed by atoms with Gasteiger partial charge in [0.15, 0.2) is 10.7 Å². The zero-order valence-electron chi connectivity index (χ0n) is 23.4. The van der Waals surface area contributed by atoms with E-state index in [4.69, 9.17) is 23.6 Å². The lowest BCUT2D eigenvalue weighted by Crippen LogP contribution is -2.40. The molecule has 212 valence electrons. The number of benzene rings is 1. The van der Waals surface area contributed by atoms with Crippen molar-refractivity contribution in [1.82, 2.24) is 4.57 Å². The Hall–Kier alpha value is -3.79. The zero-order chi connectivity index (χ0) is 28.2. The fraction of sp³-hybridized carbons (Fsp3) is 0.433. The summed E-state index contributed by atoms with van der Waals surface area (Å²) in [7, 11) is 3.13. The van der Waals surface area contributed by atoms with Gasteiger partial charge >= 0.3 is 5.97 Å². The van der Waals surface area contributed by atoms with E-state index >= 15 is 0 Å². The highest BCUT2D eigenvalue weighted by molar-refractivity contribution is 7.07. The molecule has 1 saturated heterocycles. The topological polar surface area (TPSA) is 95.5 Å². The maximum Gasteiger partial charge on any atom is 0.338 e. The molecule has 1 aromatic carbocycles. The summed E-state index contributed by atoms with van der Waals surface area (Å²) >= 11 is 1.28. The van der Waals surface area contributed by atoms with Crippen LogP contribution in [0.5, 0.6) is 11.5 Å². The van der Waals surface area contributed by atoms with Crippen molar-refractivity contribution in [2.75, 3.05) is 38.8 Å². The summed E-state index contributed by atoms with van der Waals surface area (Å²) in [6.45, 7) is 5.92. The molecular formula is C30H35N3O6S. The quantitative estimate of drug-likeness (QED) is 0.359. The number of esters is 1. The largest absolute Gasteiger partial charge is 0.497 e. The number of carbonyl (C=O) groups is 1. The third-order valence-corrected chi connectivity index (χ3v) is 8.16. The van der Waals surface area contributed by atoms with Crippen LogP contribution in [-0.4, -0.2) is 44.5 Å². The maximum absolute atomic E-state index is 14.0. The lowest BCUT2D eigenvalue weighted by atomic mass is 9.93. The van der Waals surface area contributed by atoms with E-state index in [1.807, 2.05) is 19.1 Å². The van der Waals surface area contributed by atoms with Gasteiger partial charge < -0.3 is 23.5 Å². The lowest BCUT2D eigenvalue weighted by Gasteiger charge is -2.27. The molecule has 4 heterocycles. The number of rotatable bonds is 9. The predicted molar refractivity (Wildman–Crippen MR) is 154 cm³/mol. The number of furan rings is 1. The van der Waals surface area contributed by atoms with Crippen LogP contribution in [0.15, 0.2) is 55.8 Å². The first-order valence-electron chi connectivity index (χ1n) is 13.8. The molecule has 2 aromatic heterocycles. The summed E-state index contributed by atoms with van der Waals surface area (Å²) < 4.78 is 24.8. The molecule has 0 aliphatic carbocycles. The first-order chi connectivity index (χ1) is 19.5. The number of carbonyl (C=O) groups excluding carboxylic acids is 1. The van der Waals surface area contributed by atoms with Crippen LogP contribution in [0.4, 0.5) is 5.88 Å². The number of fused-ring (bicyclic) bond motifs is 1. The molecule has 10 heteroatoms. The molecule has 0 radical (unpaired) electrons. The Morgan fingerprint density at radius 2 is 1.93 bits per heavy atom. The van der Waals surface area contributed by atoms with Crippen LogP contribution in [0, 0.1) is 0 Å². The molecule has 40 heavy (non-hydrogen) atoms. The van der Waals surface area contributed by atoms with Crippen LogP contribution >= 0.6 is 11.3 Å². The summed E-state index contributed by atoms with van der Waals surface area (Å²) in [6.07, 6.45) is 6.60. The standard InChI is InChI=1S/C30H35N3O6S/c1-5-10-22-26(29(35)38-6-2)27(21-17-19(36-3)11-13-23(21)37-4)33-28(34)24(40-30(33)31-22)18-20-12-14-25(39-20)32-15-8-7-9-16-32/h11-14,17-18,27H,5-10,15-16H2,1-4H3/b24-18-/t27-/m0/s1. The van der Waals surface area contributed by atoms with E-state index in [1.165, 1.54) is 17.8 Å². The molecule has 0 N–H and O–H groups in total. The summed E-state index contributed by atoms with van der Waals surface area (Å²) in [5.41, 5.74) is 1.28. The van der Waals surface area contributed by atoms with Gasteiger partial charge in [0.2, 0.25) is 0 Å². The number of hydrogen-bond donors (Lipinski definition) is 0. The fourth-order valence-electron chi connectivity index (χ4n) is 5.30. The first-order valence-corrected chi connectivity index (χ1v) is 14.6. The van der Waals surface area contributed by atoms with Crippen LogP contribution in [0.3, 0.4) is 0 Å². The van der Waals surface area contributed by atoms with Gasteiger partial charge in [0.05, 0.1) is 36.6 Å². The van der Waals surface area contributed by atoms with Crippen LogP contribution in [-0.2, 0) is 9.53 Å². The van der Waals surface area contributed by atoms with Crippen molar-refractivity contribution in [3.63, 3.8) is 0 Å². The van der Waals surface area contributed by atoms with Gasteiger partial charge in [-0.05, 0) is 56.9 Å².